The van der Waals surface area contributed by atoms with Crippen molar-refractivity contribution in [3.63, 3.8) is 0 Å². The number of aliphatic hydroxyl groups excluding tert-OH is 1. The second-order valence-corrected chi connectivity index (χ2v) is 15.2. The van der Waals surface area contributed by atoms with E-state index in [4.69, 9.17) is 0 Å². The number of aliphatic hydroxyl groups is 2. The van der Waals surface area contributed by atoms with Gasteiger partial charge in [0.05, 0.1) is 5.60 Å². The molecule has 5 aliphatic rings. The van der Waals surface area contributed by atoms with E-state index in [2.05, 4.69) is 55.0 Å². The van der Waals surface area contributed by atoms with Crippen molar-refractivity contribution in [2.75, 3.05) is 6.61 Å². The topological polar surface area (TPSA) is 40.5 Å². The van der Waals surface area contributed by atoms with E-state index in [1.54, 1.807) is 0 Å². The van der Waals surface area contributed by atoms with Crippen molar-refractivity contribution in [2.45, 2.75) is 118 Å². The lowest BCUT2D eigenvalue weighted by molar-refractivity contribution is -0.263. The first-order chi connectivity index (χ1) is 15.2. The van der Waals surface area contributed by atoms with E-state index < -0.39 is 5.60 Å². The third kappa shape index (κ3) is 2.80. The number of allylic oxidation sites excluding steroid dienone is 1. The summed E-state index contributed by atoms with van der Waals surface area (Å²) in [5, 5.41) is 22.0. The van der Waals surface area contributed by atoms with Crippen molar-refractivity contribution in [3.8, 4) is 0 Å². The lowest BCUT2D eigenvalue weighted by Gasteiger charge is -2.73. The quantitative estimate of drug-likeness (QED) is 0.425. The molecule has 2 heteroatoms. The predicted octanol–water partition coefficient (Wildman–Crippen LogP) is 7.39. The zero-order chi connectivity index (χ0) is 24.2. The van der Waals surface area contributed by atoms with Crippen LogP contribution in [0.1, 0.15) is 113 Å². The number of rotatable bonds is 2. The Morgan fingerprint density at radius 2 is 1.48 bits per heavy atom. The van der Waals surface area contributed by atoms with Crippen molar-refractivity contribution < 1.29 is 10.2 Å². The van der Waals surface area contributed by atoms with Gasteiger partial charge in [-0.2, -0.15) is 0 Å². The molecule has 0 aromatic rings. The van der Waals surface area contributed by atoms with Gasteiger partial charge < -0.3 is 10.2 Å². The van der Waals surface area contributed by atoms with Gasteiger partial charge in [-0.15, -0.1) is 0 Å². The summed E-state index contributed by atoms with van der Waals surface area (Å²) in [6.07, 6.45) is 12.3. The molecule has 5 saturated carbocycles. The molecule has 0 amide bonds. The summed E-state index contributed by atoms with van der Waals surface area (Å²) in [5.41, 5.74) is 1.92. The maximum atomic E-state index is 11.4. The zero-order valence-electron chi connectivity index (χ0n) is 22.8. The normalized spacial score (nSPS) is 57.4. The third-order valence-electron chi connectivity index (χ3n) is 14.2. The molecule has 5 fully saturated rings. The van der Waals surface area contributed by atoms with Crippen molar-refractivity contribution in [1.29, 1.82) is 0 Å². The summed E-state index contributed by atoms with van der Waals surface area (Å²) in [7, 11) is 0. The van der Waals surface area contributed by atoms with Gasteiger partial charge in [-0.25, -0.2) is 0 Å². The Morgan fingerprint density at radius 1 is 0.788 bits per heavy atom. The molecular weight excluding hydrogens is 404 g/mol. The lowest BCUT2D eigenvalue weighted by Crippen LogP contribution is -2.68. The van der Waals surface area contributed by atoms with Crippen LogP contribution >= 0.6 is 0 Å². The Bertz CT molecular complexity index is 827. The molecule has 188 valence electrons. The highest BCUT2D eigenvalue weighted by atomic mass is 16.3. The van der Waals surface area contributed by atoms with Crippen LogP contribution in [-0.2, 0) is 0 Å². The van der Waals surface area contributed by atoms with Crippen LogP contribution in [0.5, 0.6) is 0 Å². The van der Waals surface area contributed by atoms with Gasteiger partial charge in [-0.1, -0.05) is 46.8 Å². The molecule has 5 rings (SSSR count). The second kappa shape index (κ2) is 7.12. The Labute approximate surface area is 204 Å². The molecule has 33 heavy (non-hydrogen) atoms. The molecule has 1 unspecified atom stereocenters. The highest BCUT2D eigenvalue weighted by molar-refractivity contribution is 5.22. The van der Waals surface area contributed by atoms with Gasteiger partial charge in [0.2, 0.25) is 0 Å². The van der Waals surface area contributed by atoms with Gasteiger partial charge in [0.15, 0.2) is 0 Å². The highest BCUT2D eigenvalue weighted by Gasteiger charge is 2.71. The van der Waals surface area contributed by atoms with Crippen LogP contribution in [0.3, 0.4) is 0 Å². The van der Waals surface area contributed by atoms with E-state index in [9.17, 15) is 10.2 Å². The van der Waals surface area contributed by atoms with Gasteiger partial charge in [0.25, 0.3) is 0 Å². The van der Waals surface area contributed by atoms with E-state index in [-0.39, 0.29) is 10.8 Å². The van der Waals surface area contributed by atoms with Crippen LogP contribution in [0.15, 0.2) is 12.2 Å². The fraction of sp³-hybridized carbons (Fsp3) is 0.935. The molecule has 0 heterocycles. The SMILES string of the molecule is C=C(C)[C@@H]1CC[C@]2(CO)CC[C@]3(C)C(CC[C@@H]4[C@@]5(C)CC[C@](C)(O)C(C)(C)[C@@H]5CC[C@]43C)[C@@H]12. The van der Waals surface area contributed by atoms with Gasteiger partial charge in [0.1, 0.15) is 0 Å². The first-order valence-corrected chi connectivity index (χ1v) is 14.2. The van der Waals surface area contributed by atoms with Crippen molar-refractivity contribution in [3.05, 3.63) is 12.2 Å². The molecule has 0 radical (unpaired) electrons. The Hall–Kier alpha value is -0.340. The molecule has 0 aliphatic heterocycles. The summed E-state index contributed by atoms with van der Waals surface area (Å²) < 4.78 is 0. The molecular formula is C31H52O2. The predicted molar refractivity (Wildman–Crippen MR) is 137 cm³/mol. The lowest BCUT2D eigenvalue weighted by atomic mass is 9.31. The largest absolute Gasteiger partial charge is 0.396 e. The molecule has 0 aromatic carbocycles. The Balaban J connectivity index is 1.55. The van der Waals surface area contributed by atoms with Crippen LogP contribution in [0.2, 0.25) is 0 Å². The van der Waals surface area contributed by atoms with E-state index in [1.165, 1.54) is 63.4 Å². The fourth-order valence-corrected chi connectivity index (χ4v) is 11.7. The van der Waals surface area contributed by atoms with E-state index >= 15 is 0 Å². The average Bonchev–Trinajstić information content (AvgIpc) is 3.12. The first-order valence-electron chi connectivity index (χ1n) is 14.2. The summed E-state index contributed by atoms with van der Waals surface area (Å²) >= 11 is 0. The molecule has 5 aliphatic carbocycles. The molecule has 0 saturated heterocycles. The Morgan fingerprint density at radius 3 is 2.12 bits per heavy atom. The minimum absolute atomic E-state index is 0.0335. The first kappa shape index (κ1) is 24.4. The monoisotopic (exact) mass is 456 g/mol. The van der Waals surface area contributed by atoms with Crippen LogP contribution < -0.4 is 0 Å². The number of hydrogen-bond acceptors (Lipinski definition) is 2. The molecule has 0 bridgehead atoms. The molecule has 0 aromatic heterocycles. The van der Waals surface area contributed by atoms with Crippen LogP contribution in [0.4, 0.5) is 0 Å². The second-order valence-electron chi connectivity index (χ2n) is 15.2. The standard InChI is InChI=1S/C31H52O2/c1-20(2)21-11-14-31(19-32)18-16-28(6)22(25(21)31)9-10-24-27(5)15-17-30(8,33)26(3,4)23(27)12-13-29(24,28)7/h21-25,32-33H,1,9-19H2,2-8H3/t21-,22?,23-,24+,25+,27-,28+,29+,30-,31+/m0/s1. The summed E-state index contributed by atoms with van der Waals surface area (Å²) in [6, 6.07) is 0. The van der Waals surface area contributed by atoms with E-state index in [1.807, 2.05) is 0 Å². The fourth-order valence-electron chi connectivity index (χ4n) is 11.7. The molecule has 2 nitrogen and oxygen atoms in total. The van der Waals surface area contributed by atoms with Gasteiger partial charge >= 0.3 is 0 Å². The van der Waals surface area contributed by atoms with Gasteiger partial charge in [-0.05, 0) is 135 Å². The minimum atomic E-state index is -0.559. The maximum absolute atomic E-state index is 11.4. The van der Waals surface area contributed by atoms with Crippen molar-refractivity contribution >= 4 is 0 Å². The number of fused-ring (bicyclic) bond motifs is 7. The minimum Gasteiger partial charge on any atom is -0.396 e. The summed E-state index contributed by atoms with van der Waals surface area (Å²) in [5.74, 6) is 3.26. The third-order valence-corrected chi connectivity index (χ3v) is 14.2. The Kier molecular flexibility index (Phi) is 5.25. The smallest absolute Gasteiger partial charge is 0.0673 e. The van der Waals surface area contributed by atoms with Gasteiger partial charge in [-0.3, -0.25) is 0 Å². The van der Waals surface area contributed by atoms with Crippen molar-refractivity contribution in [2.24, 2.45) is 56.7 Å². The average molecular weight is 457 g/mol. The van der Waals surface area contributed by atoms with E-state index in [0.717, 1.165) is 12.3 Å². The zero-order valence-corrected chi connectivity index (χ0v) is 22.8. The molecule has 0 spiro atoms. The maximum Gasteiger partial charge on any atom is 0.0673 e. The van der Waals surface area contributed by atoms with Crippen LogP contribution in [0.25, 0.3) is 0 Å². The van der Waals surface area contributed by atoms with Crippen LogP contribution in [0, 0.1) is 56.7 Å². The van der Waals surface area contributed by atoms with Crippen molar-refractivity contribution in [1.82, 2.24) is 0 Å². The van der Waals surface area contributed by atoms with Gasteiger partial charge in [0, 0.05) is 6.61 Å². The van der Waals surface area contributed by atoms with E-state index in [0.29, 0.717) is 46.5 Å². The highest BCUT2D eigenvalue weighted by Crippen LogP contribution is 2.77. The summed E-state index contributed by atoms with van der Waals surface area (Å²) in [6.45, 7) is 21.9. The summed E-state index contributed by atoms with van der Waals surface area (Å²) in [4.78, 5) is 0. The van der Waals surface area contributed by atoms with Crippen LogP contribution in [-0.4, -0.2) is 22.4 Å². The number of hydrogen-bond donors (Lipinski definition) is 2. The molecule has 10 atom stereocenters. The molecule has 2 N–H and O–H groups in total.